The van der Waals surface area contributed by atoms with Crippen LogP contribution in [0.3, 0.4) is 0 Å². The molecule has 1 aliphatic heterocycles. The maximum absolute atomic E-state index is 8.64. The third kappa shape index (κ3) is 2.98. The lowest BCUT2D eigenvalue weighted by Crippen LogP contribution is -2.51. The molecule has 0 bridgehead atoms. The zero-order chi connectivity index (χ0) is 13.8. The minimum atomic E-state index is 0.149. The van der Waals surface area contributed by atoms with E-state index in [4.69, 9.17) is 10.9 Å². The molecule has 1 atom stereocenters. The number of benzene rings is 1. The van der Waals surface area contributed by atoms with E-state index in [0.29, 0.717) is 6.04 Å². The largest absolute Gasteiger partial charge is 0.409 e. The first-order valence-corrected chi connectivity index (χ1v) is 6.72. The molecule has 1 aromatic carbocycles. The highest BCUT2D eigenvalue weighted by Gasteiger charge is 2.22. The topological polar surface area (TPSA) is 65.1 Å². The van der Waals surface area contributed by atoms with Crippen molar-refractivity contribution in [2.24, 2.45) is 10.9 Å². The van der Waals surface area contributed by atoms with Gasteiger partial charge in [0.05, 0.1) is 0 Å². The van der Waals surface area contributed by atoms with Gasteiger partial charge in [0, 0.05) is 36.9 Å². The van der Waals surface area contributed by atoms with Crippen LogP contribution in [0.1, 0.15) is 19.4 Å². The van der Waals surface area contributed by atoms with E-state index in [9.17, 15) is 0 Å². The summed E-state index contributed by atoms with van der Waals surface area (Å²) in [5.41, 5.74) is 7.49. The number of anilines is 1. The normalized spacial score (nSPS) is 21.7. The lowest BCUT2D eigenvalue weighted by molar-refractivity contribution is 0.199. The first-order valence-electron chi connectivity index (χ1n) is 6.72. The van der Waals surface area contributed by atoms with E-state index in [0.717, 1.165) is 31.7 Å². The van der Waals surface area contributed by atoms with E-state index < -0.39 is 0 Å². The predicted octanol–water partition coefficient (Wildman–Crippen LogP) is 1.31. The minimum absolute atomic E-state index is 0.149. The van der Waals surface area contributed by atoms with Crippen molar-refractivity contribution in [1.29, 1.82) is 0 Å². The smallest absolute Gasteiger partial charge is 0.170 e. The molecule has 104 valence electrons. The van der Waals surface area contributed by atoms with E-state index in [1.165, 1.54) is 5.69 Å². The molecule has 1 heterocycles. The molecule has 5 heteroatoms. The van der Waals surface area contributed by atoms with Crippen molar-refractivity contribution >= 4 is 11.5 Å². The average Bonchev–Trinajstić information content (AvgIpc) is 2.46. The van der Waals surface area contributed by atoms with Gasteiger partial charge >= 0.3 is 0 Å². The third-order valence-electron chi connectivity index (χ3n) is 3.81. The van der Waals surface area contributed by atoms with E-state index in [2.05, 4.69) is 28.8 Å². The molecule has 1 unspecified atom stereocenters. The standard InChI is InChI=1S/C14H22N4O/c1-3-17-8-9-18(10-11(17)2)13-6-4-12(5-7-13)14(15)16-19/h4-7,11,19H,3,8-10H2,1-2H3,(H2,15,16). The van der Waals surface area contributed by atoms with Crippen LogP contribution >= 0.6 is 0 Å². The van der Waals surface area contributed by atoms with Crippen molar-refractivity contribution in [3.8, 4) is 0 Å². The van der Waals surface area contributed by atoms with Crippen molar-refractivity contribution in [2.75, 3.05) is 31.1 Å². The van der Waals surface area contributed by atoms with Crippen LogP contribution in [0.5, 0.6) is 0 Å². The van der Waals surface area contributed by atoms with Gasteiger partial charge in [-0.2, -0.15) is 0 Å². The number of oxime groups is 1. The number of nitrogens with two attached hydrogens (primary N) is 1. The van der Waals surface area contributed by atoms with Gasteiger partial charge in [-0.3, -0.25) is 4.90 Å². The summed E-state index contributed by atoms with van der Waals surface area (Å²) < 4.78 is 0. The molecule has 0 saturated carbocycles. The lowest BCUT2D eigenvalue weighted by Gasteiger charge is -2.40. The Morgan fingerprint density at radius 2 is 2.05 bits per heavy atom. The maximum Gasteiger partial charge on any atom is 0.170 e. The van der Waals surface area contributed by atoms with Crippen LogP contribution < -0.4 is 10.6 Å². The Balaban J connectivity index is 2.07. The fourth-order valence-electron chi connectivity index (χ4n) is 2.60. The second-order valence-corrected chi connectivity index (χ2v) is 4.96. The maximum atomic E-state index is 8.64. The Kier molecular flexibility index (Phi) is 4.27. The average molecular weight is 262 g/mol. The number of nitrogens with zero attached hydrogens (tertiary/aromatic N) is 3. The van der Waals surface area contributed by atoms with Crippen LogP contribution in [-0.4, -0.2) is 48.2 Å². The van der Waals surface area contributed by atoms with Crippen LogP contribution in [0.2, 0.25) is 0 Å². The first kappa shape index (κ1) is 13.7. The number of likely N-dealkylation sites (N-methyl/N-ethyl adjacent to an activating group) is 1. The van der Waals surface area contributed by atoms with Crippen molar-refractivity contribution in [1.82, 2.24) is 4.90 Å². The summed E-state index contributed by atoms with van der Waals surface area (Å²) >= 11 is 0. The molecule has 0 aliphatic carbocycles. The summed E-state index contributed by atoms with van der Waals surface area (Å²) in [6, 6.07) is 8.41. The molecule has 0 spiro atoms. The number of piperazine rings is 1. The monoisotopic (exact) mass is 262 g/mol. The number of rotatable bonds is 3. The number of amidine groups is 1. The number of hydrogen-bond donors (Lipinski definition) is 2. The van der Waals surface area contributed by atoms with E-state index in [1.807, 2.05) is 24.3 Å². The summed E-state index contributed by atoms with van der Waals surface area (Å²) in [4.78, 5) is 4.87. The molecule has 0 radical (unpaired) electrons. The summed E-state index contributed by atoms with van der Waals surface area (Å²) in [5, 5.41) is 11.7. The van der Waals surface area contributed by atoms with Gasteiger partial charge in [-0.1, -0.05) is 12.1 Å². The molecule has 19 heavy (non-hydrogen) atoms. The minimum Gasteiger partial charge on any atom is -0.409 e. The lowest BCUT2D eigenvalue weighted by atomic mass is 10.1. The van der Waals surface area contributed by atoms with Crippen LogP contribution in [0.4, 0.5) is 5.69 Å². The van der Waals surface area contributed by atoms with Crippen molar-refractivity contribution in [3.63, 3.8) is 0 Å². The van der Waals surface area contributed by atoms with Gasteiger partial charge in [-0.05, 0) is 37.7 Å². The highest BCUT2D eigenvalue weighted by molar-refractivity contribution is 5.97. The van der Waals surface area contributed by atoms with Crippen LogP contribution in [-0.2, 0) is 0 Å². The number of hydrogen-bond acceptors (Lipinski definition) is 4. The van der Waals surface area contributed by atoms with Gasteiger partial charge in [0.25, 0.3) is 0 Å². The van der Waals surface area contributed by atoms with Gasteiger partial charge in [0.15, 0.2) is 5.84 Å². The van der Waals surface area contributed by atoms with Gasteiger partial charge in [-0.25, -0.2) is 0 Å². The van der Waals surface area contributed by atoms with Crippen LogP contribution in [0.15, 0.2) is 29.4 Å². The Labute approximate surface area is 114 Å². The predicted molar refractivity (Wildman–Crippen MR) is 77.9 cm³/mol. The molecule has 1 fully saturated rings. The van der Waals surface area contributed by atoms with E-state index in [-0.39, 0.29) is 5.84 Å². The summed E-state index contributed by atoms with van der Waals surface area (Å²) in [6.07, 6.45) is 0. The highest BCUT2D eigenvalue weighted by Crippen LogP contribution is 2.19. The molecule has 1 saturated heterocycles. The third-order valence-corrected chi connectivity index (χ3v) is 3.81. The van der Waals surface area contributed by atoms with Crippen LogP contribution in [0, 0.1) is 0 Å². The fraction of sp³-hybridized carbons (Fsp3) is 0.500. The fourth-order valence-corrected chi connectivity index (χ4v) is 2.60. The molecule has 5 nitrogen and oxygen atoms in total. The van der Waals surface area contributed by atoms with E-state index >= 15 is 0 Å². The molecular formula is C14H22N4O. The van der Waals surface area contributed by atoms with Gasteiger partial charge in [-0.15, -0.1) is 0 Å². The van der Waals surface area contributed by atoms with Crippen molar-refractivity contribution in [2.45, 2.75) is 19.9 Å². The van der Waals surface area contributed by atoms with Crippen molar-refractivity contribution < 1.29 is 5.21 Å². The SMILES string of the molecule is CCN1CCN(c2ccc(C(N)=NO)cc2)CC1C. The Morgan fingerprint density at radius 1 is 1.37 bits per heavy atom. The second kappa shape index (κ2) is 5.93. The molecule has 1 aliphatic rings. The molecule has 1 aromatic rings. The molecule has 3 N–H and O–H groups in total. The first-order chi connectivity index (χ1) is 9.15. The summed E-state index contributed by atoms with van der Waals surface area (Å²) in [5.74, 6) is 0.149. The Bertz CT molecular complexity index is 443. The van der Waals surface area contributed by atoms with E-state index in [1.54, 1.807) is 0 Å². The molecule has 2 rings (SSSR count). The Hall–Kier alpha value is -1.75. The second-order valence-electron chi connectivity index (χ2n) is 4.96. The zero-order valence-electron chi connectivity index (χ0n) is 11.6. The Morgan fingerprint density at radius 3 is 2.58 bits per heavy atom. The molecule has 0 amide bonds. The summed E-state index contributed by atoms with van der Waals surface area (Å²) in [6.45, 7) is 8.76. The van der Waals surface area contributed by atoms with Crippen LogP contribution in [0.25, 0.3) is 0 Å². The van der Waals surface area contributed by atoms with Crippen molar-refractivity contribution in [3.05, 3.63) is 29.8 Å². The zero-order valence-corrected chi connectivity index (χ0v) is 11.6. The van der Waals surface area contributed by atoms with Gasteiger partial charge < -0.3 is 15.8 Å². The molecule has 0 aromatic heterocycles. The quantitative estimate of drug-likeness (QED) is 0.373. The molecular weight excluding hydrogens is 240 g/mol. The van der Waals surface area contributed by atoms with Gasteiger partial charge in [0.2, 0.25) is 0 Å². The van der Waals surface area contributed by atoms with Gasteiger partial charge in [0.1, 0.15) is 0 Å². The summed E-state index contributed by atoms with van der Waals surface area (Å²) in [7, 11) is 0. The highest BCUT2D eigenvalue weighted by atomic mass is 16.4.